The molecule has 0 unspecified atom stereocenters. The third kappa shape index (κ3) is 6.81. The summed E-state index contributed by atoms with van der Waals surface area (Å²) in [5.74, 6) is -4.26. The third-order valence-corrected chi connectivity index (χ3v) is 9.63. The summed E-state index contributed by atoms with van der Waals surface area (Å²) < 4.78 is 1.44. The Kier molecular flexibility index (Phi) is 10.8. The molecule has 0 spiro atoms. The van der Waals surface area contributed by atoms with Crippen molar-refractivity contribution in [1.29, 1.82) is 0 Å². The van der Waals surface area contributed by atoms with E-state index in [1.165, 1.54) is 57.4 Å². The first kappa shape index (κ1) is 34.2. The van der Waals surface area contributed by atoms with Crippen molar-refractivity contribution in [3.05, 3.63) is 41.1 Å². The predicted molar refractivity (Wildman–Crippen MR) is 153 cm³/mol. The number of aromatic hydroxyl groups is 1. The molecule has 0 aliphatic carbocycles. The second-order valence-corrected chi connectivity index (χ2v) is 11.9. The standard InChI is InChI=1S/C25H27N9O8S2.Na/c1-3-32-8-9-33(21(39)20(32)38)24(42)27-15(12-4-6-14(35)7-5-12)18(36)26-16-19(37)34-17(23(40)41)13(10-43-22(16)34)11-44-25-28-29-30-31(25)2;/h4-7,15-16,22,35H,3,8-11H2,1-2H3,(H,26,36)(H,27,42)(H,40,41);/q;+1/t15-,16-,22-;/m1./s1. The van der Waals surface area contributed by atoms with Crippen LogP contribution in [-0.4, -0.2) is 123 Å². The van der Waals surface area contributed by atoms with E-state index in [4.69, 9.17) is 0 Å². The number of fused-ring (bicyclic) bond motifs is 1. The number of nitrogens with one attached hydrogen (secondary N) is 2. The van der Waals surface area contributed by atoms with Crippen LogP contribution < -0.4 is 40.2 Å². The summed E-state index contributed by atoms with van der Waals surface area (Å²) in [6, 6.07) is 1.84. The predicted octanol–water partition coefficient (Wildman–Crippen LogP) is -4.11. The van der Waals surface area contributed by atoms with Gasteiger partial charge in [-0.15, -0.1) is 16.9 Å². The quantitative estimate of drug-likeness (QED) is 0.0865. The Balaban J connectivity index is 0.00000461. The maximum absolute atomic E-state index is 13.6. The Morgan fingerprint density at radius 2 is 1.84 bits per heavy atom. The number of hydrogen-bond acceptors (Lipinski definition) is 12. The van der Waals surface area contributed by atoms with Crippen molar-refractivity contribution in [3.63, 3.8) is 0 Å². The van der Waals surface area contributed by atoms with E-state index in [2.05, 4.69) is 26.2 Å². The van der Waals surface area contributed by atoms with E-state index >= 15 is 0 Å². The van der Waals surface area contributed by atoms with Crippen LogP contribution >= 0.6 is 23.5 Å². The Labute approximate surface area is 286 Å². The van der Waals surface area contributed by atoms with Gasteiger partial charge in [0.1, 0.15) is 28.9 Å². The minimum Gasteiger partial charge on any atom is -0.508 e. The SMILES string of the molecule is CCN1CCN(C(=O)N[C@@H](C(=O)N[C@@H]2C(=O)N3C(C(=O)O)=C(CSc4nnnn4C)CS[C@H]23)c2ccc(O)cc2)C(=O)C1=O.[Na+]. The number of carbonyl (C=O) groups excluding carboxylic acids is 5. The number of imide groups is 1. The molecule has 2 aromatic rings. The minimum atomic E-state index is -1.42. The van der Waals surface area contributed by atoms with Crippen LogP contribution in [0.2, 0.25) is 0 Å². The van der Waals surface area contributed by atoms with Crippen molar-refractivity contribution in [2.24, 2.45) is 7.05 Å². The first-order chi connectivity index (χ1) is 21.0. The molecule has 4 N–H and O–H groups in total. The van der Waals surface area contributed by atoms with Crippen LogP contribution in [0.25, 0.3) is 0 Å². The van der Waals surface area contributed by atoms with E-state index in [0.29, 0.717) is 22.2 Å². The minimum absolute atomic E-state index is 0. The number of carbonyl (C=O) groups is 6. The van der Waals surface area contributed by atoms with Crippen LogP contribution in [0.1, 0.15) is 18.5 Å². The van der Waals surface area contributed by atoms with Crippen molar-refractivity contribution in [3.8, 4) is 5.75 Å². The van der Waals surface area contributed by atoms with Crippen molar-refractivity contribution in [2.75, 3.05) is 31.1 Å². The fourth-order valence-electron chi connectivity index (χ4n) is 4.86. The largest absolute Gasteiger partial charge is 1.00 e. The Morgan fingerprint density at radius 1 is 1.13 bits per heavy atom. The molecule has 1 aromatic heterocycles. The fraction of sp³-hybridized carbons (Fsp3) is 0.400. The van der Waals surface area contributed by atoms with Gasteiger partial charge in [0.25, 0.3) is 5.91 Å². The first-order valence-corrected chi connectivity index (χ1v) is 15.3. The molecule has 20 heteroatoms. The van der Waals surface area contributed by atoms with Crippen LogP contribution in [0.5, 0.6) is 5.75 Å². The molecular weight excluding hydrogens is 641 g/mol. The van der Waals surface area contributed by atoms with E-state index in [1.54, 1.807) is 14.0 Å². The number of rotatable bonds is 9. The number of phenolic OH excluding ortho intramolecular Hbond substituents is 1. The Morgan fingerprint density at radius 3 is 2.47 bits per heavy atom. The van der Waals surface area contributed by atoms with Crippen LogP contribution in [0.15, 0.2) is 40.7 Å². The average Bonchev–Trinajstić information content (AvgIpc) is 3.42. The number of amides is 6. The van der Waals surface area contributed by atoms with Crippen LogP contribution in [-0.2, 0) is 31.0 Å². The normalized spacial score (nSPS) is 20.2. The number of tetrazole rings is 1. The molecule has 2 fully saturated rings. The van der Waals surface area contributed by atoms with Crippen molar-refractivity contribution in [2.45, 2.75) is 29.5 Å². The van der Waals surface area contributed by atoms with Crippen LogP contribution in [0, 0.1) is 0 Å². The second kappa shape index (κ2) is 14.2. The zero-order valence-electron chi connectivity index (χ0n) is 24.4. The average molecular weight is 669 g/mol. The number of nitrogens with zero attached hydrogens (tertiary/aromatic N) is 7. The molecule has 3 aliphatic heterocycles. The number of thioether (sulfide) groups is 2. The molecule has 1 aromatic carbocycles. The molecule has 232 valence electrons. The number of aryl methyl sites for hydroxylation is 1. The summed E-state index contributed by atoms with van der Waals surface area (Å²) >= 11 is 2.49. The number of likely N-dealkylation sites (N-methyl/N-ethyl adjacent to an activating group) is 1. The van der Waals surface area contributed by atoms with Gasteiger partial charge in [-0.2, -0.15) is 0 Å². The van der Waals surface area contributed by atoms with Gasteiger partial charge in [-0.1, -0.05) is 23.9 Å². The van der Waals surface area contributed by atoms with Gasteiger partial charge < -0.3 is 25.7 Å². The molecule has 2 saturated heterocycles. The molecule has 4 heterocycles. The zero-order valence-corrected chi connectivity index (χ0v) is 28.0. The van der Waals surface area contributed by atoms with Gasteiger partial charge in [0.2, 0.25) is 11.1 Å². The molecule has 3 atom stereocenters. The Bertz CT molecular complexity index is 1570. The number of aliphatic carboxylic acids is 1. The number of carboxylic acids is 1. The summed E-state index contributed by atoms with van der Waals surface area (Å²) in [4.78, 5) is 80.1. The smallest absolute Gasteiger partial charge is 0.508 e. The van der Waals surface area contributed by atoms with Gasteiger partial charge in [-0.3, -0.25) is 29.0 Å². The molecule has 0 bridgehead atoms. The second-order valence-electron chi connectivity index (χ2n) is 9.84. The maximum atomic E-state index is 13.6. The summed E-state index contributed by atoms with van der Waals surface area (Å²) in [5.41, 5.74) is 0.536. The Hall–Kier alpha value is -3.65. The van der Waals surface area contributed by atoms with Crippen LogP contribution in [0.4, 0.5) is 4.79 Å². The molecule has 0 saturated carbocycles. The number of aromatic nitrogens is 4. The number of piperazine rings is 1. The van der Waals surface area contributed by atoms with E-state index in [-0.39, 0.29) is 71.2 Å². The van der Waals surface area contributed by atoms with Crippen molar-refractivity contribution in [1.82, 2.24) is 45.5 Å². The number of hydrogen-bond donors (Lipinski definition) is 4. The molecule has 0 radical (unpaired) electrons. The fourth-order valence-corrected chi connectivity index (χ4v) is 7.20. The summed E-state index contributed by atoms with van der Waals surface area (Å²) in [5, 5.41) is 35.6. The van der Waals surface area contributed by atoms with E-state index < -0.39 is 53.1 Å². The molecule has 5 rings (SSSR count). The van der Waals surface area contributed by atoms with Gasteiger partial charge >= 0.3 is 53.4 Å². The number of urea groups is 1. The molecule has 3 aliphatic rings. The van der Waals surface area contributed by atoms with E-state index in [0.717, 1.165) is 4.90 Å². The maximum Gasteiger partial charge on any atom is 1.00 e. The monoisotopic (exact) mass is 668 g/mol. The zero-order chi connectivity index (χ0) is 31.7. The summed E-state index contributed by atoms with van der Waals surface area (Å²) in [6.45, 7) is 2.04. The van der Waals surface area contributed by atoms with Gasteiger partial charge in [0, 0.05) is 38.2 Å². The number of benzene rings is 1. The van der Waals surface area contributed by atoms with E-state index in [1.807, 2.05) is 0 Å². The molecule has 45 heavy (non-hydrogen) atoms. The number of β-lactam (4-membered cyclic amide) rings is 1. The van der Waals surface area contributed by atoms with Gasteiger partial charge in [-0.05, 0) is 40.6 Å². The van der Waals surface area contributed by atoms with Gasteiger partial charge in [0.05, 0.1) is 0 Å². The summed E-state index contributed by atoms with van der Waals surface area (Å²) in [6.07, 6.45) is 0. The molecule has 6 amide bonds. The van der Waals surface area contributed by atoms with Crippen molar-refractivity contribution >= 4 is 59.2 Å². The van der Waals surface area contributed by atoms with Gasteiger partial charge in [0.15, 0.2) is 0 Å². The third-order valence-electron chi connectivity index (χ3n) is 7.20. The van der Waals surface area contributed by atoms with Crippen molar-refractivity contribution < 1.29 is 68.5 Å². The first-order valence-electron chi connectivity index (χ1n) is 13.3. The number of carboxylic acid groups (broad SMARTS) is 1. The van der Waals surface area contributed by atoms with Crippen LogP contribution in [0.3, 0.4) is 0 Å². The number of phenols is 1. The molecule has 17 nitrogen and oxygen atoms in total. The van der Waals surface area contributed by atoms with Gasteiger partial charge in [-0.25, -0.2) is 14.3 Å². The summed E-state index contributed by atoms with van der Waals surface area (Å²) in [7, 11) is 1.64. The molecular formula is C25H27N9NaO8S2+. The topological polar surface area (TPSA) is 220 Å². The van der Waals surface area contributed by atoms with E-state index in [9.17, 15) is 39.0 Å².